The lowest BCUT2D eigenvalue weighted by Gasteiger charge is -2.47. The van der Waals surface area contributed by atoms with Gasteiger partial charge in [-0.25, -0.2) is 0 Å². The van der Waals surface area contributed by atoms with Crippen molar-refractivity contribution in [2.24, 2.45) is 5.41 Å². The van der Waals surface area contributed by atoms with Gasteiger partial charge in [-0.3, -0.25) is 0 Å². The van der Waals surface area contributed by atoms with Crippen LogP contribution < -0.4 is 0 Å². The Balaban J connectivity index is 2.57. The van der Waals surface area contributed by atoms with Crippen molar-refractivity contribution in [3.8, 4) is 0 Å². The van der Waals surface area contributed by atoms with Crippen molar-refractivity contribution in [3.05, 3.63) is 0 Å². The standard InChI is InChI=1S/C7H14ClNO2S/c1-3-7(4-2)5-9(6-7)12(8,10)11/h3-6H2,1-2H3. The normalized spacial score (nSPS) is 23.6. The van der Waals surface area contributed by atoms with E-state index < -0.39 is 9.24 Å². The monoisotopic (exact) mass is 211 g/mol. The van der Waals surface area contributed by atoms with E-state index in [2.05, 4.69) is 13.8 Å². The molecular formula is C7H14ClNO2S. The fraction of sp³-hybridized carbons (Fsp3) is 1.00. The maximum Gasteiger partial charge on any atom is 0.299 e. The second-order valence-electron chi connectivity index (χ2n) is 3.42. The Morgan fingerprint density at radius 3 is 2.00 bits per heavy atom. The Morgan fingerprint density at radius 2 is 1.75 bits per heavy atom. The summed E-state index contributed by atoms with van der Waals surface area (Å²) in [6, 6.07) is 0. The van der Waals surface area contributed by atoms with Crippen LogP contribution in [-0.2, 0) is 9.24 Å². The highest BCUT2D eigenvalue weighted by Gasteiger charge is 2.44. The quantitative estimate of drug-likeness (QED) is 0.665. The molecule has 0 aromatic heterocycles. The topological polar surface area (TPSA) is 37.4 Å². The molecule has 72 valence electrons. The highest BCUT2D eigenvalue weighted by atomic mass is 35.7. The summed E-state index contributed by atoms with van der Waals surface area (Å²) in [6.07, 6.45) is 2.04. The van der Waals surface area contributed by atoms with E-state index in [0.717, 1.165) is 12.8 Å². The van der Waals surface area contributed by atoms with E-state index in [0.29, 0.717) is 13.1 Å². The number of halogens is 1. The molecular weight excluding hydrogens is 198 g/mol. The Labute approximate surface area is 78.3 Å². The van der Waals surface area contributed by atoms with Gasteiger partial charge in [0.15, 0.2) is 0 Å². The molecule has 1 aliphatic rings. The van der Waals surface area contributed by atoms with Gasteiger partial charge in [-0.2, -0.15) is 12.7 Å². The second kappa shape index (κ2) is 3.16. The molecule has 1 aliphatic heterocycles. The van der Waals surface area contributed by atoms with Gasteiger partial charge in [-0.05, 0) is 18.3 Å². The van der Waals surface area contributed by atoms with Crippen molar-refractivity contribution in [1.29, 1.82) is 0 Å². The molecule has 0 bridgehead atoms. The third kappa shape index (κ3) is 1.75. The van der Waals surface area contributed by atoms with Crippen LogP contribution in [0.15, 0.2) is 0 Å². The van der Waals surface area contributed by atoms with Crippen LogP contribution in [0.25, 0.3) is 0 Å². The van der Waals surface area contributed by atoms with Crippen LogP contribution in [-0.4, -0.2) is 25.8 Å². The van der Waals surface area contributed by atoms with Gasteiger partial charge in [0.25, 0.3) is 9.24 Å². The van der Waals surface area contributed by atoms with E-state index >= 15 is 0 Å². The molecule has 12 heavy (non-hydrogen) atoms. The second-order valence-corrected chi connectivity index (χ2v) is 5.93. The summed E-state index contributed by atoms with van der Waals surface area (Å²) < 4.78 is 23.0. The minimum atomic E-state index is -3.45. The molecule has 0 aliphatic carbocycles. The van der Waals surface area contributed by atoms with Gasteiger partial charge in [-0.15, -0.1) is 0 Å². The summed E-state index contributed by atoms with van der Waals surface area (Å²) in [5.74, 6) is 0. The lowest BCUT2D eigenvalue weighted by Crippen LogP contribution is -2.56. The van der Waals surface area contributed by atoms with E-state index in [1.807, 2.05) is 0 Å². The Morgan fingerprint density at radius 1 is 1.33 bits per heavy atom. The van der Waals surface area contributed by atoms with E-state index in [4.69, 9.17) is 10.7 Å². The molecule has 1 heterocycles. The molecule has 1 saturated heterocycles. The lowest BCUT2D eigenvalue weighted by molar-refractivity contribution is 0.0635. The first-order valence-electron chi connectivity index (χ1n) is 4.13. The average molecular weight is 212 g/mol. The van der Waals surface area contributed by atoms with Gasteiger partial charge >= 0.3 is 0 Å². The Kier molecular flexibility index (Phi) is 2.71. The fourth-order valence-corrected chi connectivity index (χ4v) is 2.70. The van der Waals surface area contributed by atoms with Crippen molar-refractivity contribution in [2.75, 3.05) is 13.1 Å². The predicted molar refractivity (Wildman–Crippen MR) is 49.4 cm³/mol. The van der Waals surface area contributed by atoms with Crippen molar-refractivity contribution >= 4 is 19.9 Å². The van der Waals surface area contributed by atoms with E-state index in [9.17, 15) is 8.42 Å². The van der Waals surface area contributed by atoms with Crippen LogP contribution in [0, 0.1) is 5.41 Å². The molecule has 0 aromatic rings. The van der Waals surface area contributed by atoms with Crippen LogP contribution in [0.3, 0.4) is 0 Å². The van der Waals surface area contributed by atoms with Gasteiger partial charge in [0, 0.05) is 23.8 Å². The zero-order valence-electron chi connectivity index (χ0n) is 7.38. The van der Waals surface area contributed by atoms with Crippen LogP contribution in [0.1, 0.15) is 26.7 Å². The Bertz CT molecular complexity index is 251. The highest BCUT2D eigenvalue weighted by molar-refractivity contribution is 8.11. The van der Waals surface area contributed by atoms with Gasteiger partial charge in [0.2, 0.25) is 0 Å². The number of nitrogens with zero attached hydrogens (tertiary/aromatic N) is 1. The minimum Gasteiger partial charge on any atom is -0.195 e. The first-order valence-corrected chi connectivity index (χ1v) is 6.40. The van der Waals surface area contributed by atoms with Gasteiger partial charge in [0.05, 0.1) is 0 Å². The largest absolute Gasteiger partial charge is 0.299 e. The lowest BCUT2D eigenvalue weighted by atomic mass is 9.77. The van der Waals surface area contributed by atoms with Crippen LogP contribution >= 0.6 is 10.7 Å². The number of rotatable bonds is 3. The number of hydrogen-bond acceptors (Lipinski definition) is 2. The summed E-state index contributed by atoms with van der Waals surface area (Å²) in [6.45, 7) is 5.35. The zero-order valence-corrected chi connectivity index (χ0v) is 8.95. The molecule has 0 atom stereocenters. The molecule has 0 spiro atoms. The molecule has 0 radical (unpaired) electrons. The van der Waals surface area contributed by atoms with Crippen molar-refractivity contribution in [2.45, 2.75) is 26.7 Å². The minimum absolute atomic E-state index is 0.196. The van der Waals surface area contributed by atoms with Gasteiger partial charge in [-0.1, -0.05) is 13.8 Å². The summed E-state index contributed by atoms with van der Waals surface area (Å²) in [4.78, 5) is 0. The molecule has 0 aromatic carbocycles. The smallest absolute Gasteiger partial charge is 0.195 e. The fourth-order valence-electron chi connectivity index (χ4n) is 1.55. The van der Waals surface area contributed by atoms with Gasteiger partial charge in [0.1, 0.15) is 0 Å². The van der Waals surface area contributed by atoms with E-state index in [1.165, 1.54) is 4.31 Å². The molecule has 0 N–H and O–H groups in total. The van der Waals surface area contributed by atoms with Crippen molar-refractivity contribution < 1.29 is 8.42 Å². The highest BCUT2D eigenvalue weighted by Crippen LogP contribution is 2.39. The van der Waals surface area contributed by atoms with Crippen LogP contribution in [0.4, 0.5) is 0 Å². The average Bonchev–Trinajstić information content (AvgIpc) is 1.85. The van der Waals surface area contributed by atoms with Crippen LogP contribution in [0.2, 0.25) is 0 Å². The first-order chi connectivity index (χ1) is 5.43. The van der Waals surface area contributed by atoms with E-state index in [1.54, 1.807) is 0 Å². The number of hydrogen-bond donors (Lipinski definition) is 0. The molecule has 1 fully saturated rings. The third-order valence-corrected chi connectivity index (χ3v) is 4.29. The summed E-state index contributed by atoms with van der Waals surface area (Å²) in [5.41, 5.74) is 0.196. The van der Waals surface area contributed by atoms with Crippen LogP contribution in [0.5, 0.6) is 0 Å². The first kappa shape index (κ1) is 10.3. The molecule has 0 amide bonds. The molecule has 1 rings (SSSR count). The summed E-state index contributed by atoms with van der Waals surface area (Å²) in [7, 11) is 1.72. The van der Waals surface area contributed by atoms with E-state index in [-0.39, 0.29) is 5.41 Å². The molecule has 0 saturated carbocycles. The third-order valence-electron chi connectivity index (χ3n) is 2.83. The maximum absolute atomic E-state index is 10.8. The maximum atomic E-state index is 10.8. The Hall–Kier alpha value is 0.200. The van der Waals surface area contributed by atoms with Crippen molar-refractivity contribution in [3.63, 3.8) is 0 Å². The summed E-state index contributed by atoms with van der Waals surface area (Å²) >= 11 is 0. The predicted octanol–water partition coefficient (Wildman–Crippen LogP) is 1.59. The van der Waals surface area contributed by atoms with Crippen molar-refractivity contribution in [1.82, 2.24) is 4.31 Å². The molecule has 0 unspecified atom stereocenters. The summed E-state index contributed by atoms with van der Waals surface area (Å²) in [5, 5.41) is 0. The SMILES string of the molecule is CCC1(CC)CN(S(=O)(=O)Cl)C1. The molecule has 3 nitrogen and oxygen atoms in total. The zero-order chi connectivity index (χ0) is 9.41. The molecule has 5 heteroatoms. The van der Waals surface area contributed by atoms with Gasteiger partial charge < -0.3 is 0 Å².